The molecule has 104 valence electrons. The van der Waals surface area contributed by atoms with E-state index in [1.165, 1.54) is 42.0 Å². The largest absolute Gasteiger partial charge is 0.329 e. The zero-order chi connectivity index (χ0) is 13.3. The molecule has 2 unspecified atom stereocenters. The van der Waals surface area contributed by atoms with Crippen molar-refractivity contribution < 1.29 is 9.46 Å². The number of unbranched alkanes of at least 4 members (excludes halogenated alkanes) is 1. The van der Waals surface area contributed by atoms with Crippen LogP contribution in [0.3, 0.4) is 0 Å². The van der Waals surface area contributed by atoms with Gasteiger partial charge in [-0.05, 0) is 18.3 Å². The Bertz CT molecular complexity index is 235. The summed E-state index contributed by atoms with van der Waals surface area (Å²) >= 11 is 2.52. The Balaban J connectivity index is 3.92. The van der Waals surface area contributed by atoms with E-state index in [4.69, 9.17) is 0 Å². The maximum absolute atomic E-state index is 11.9. The lowest BCUT2D eigenvalue weighted by Crippen LogP contribution is -2.01. The van der Waals surface area contributed by atoms with Crippen molar-refractivity contribution in [1.82, 2.24) is 0 Å². The number of hydrogen-bond donors (Lipinski definition) is 1. The summed E-state index contributed by atoms with van der Waals surface area (Å²) < 4.78 is 11.9. The molecular formula is C12H27O2PS2. The predicted molar refractivity (Wildman–Crippen MR) is 82.9 cm³/mol. The maximum atomic E-state index is 11.9. The van der Waals surface area contributed by atoms with Crippen LogP contribution in [0.4, 0.5) is 0 Å². The molecule has 0 saturated heterocycles. The van der Waals surface area contributed by atoms with E-state index in [1.807, 2.05) is 0 Å². The van der Waals surface area contributed by atoms with Crippen molar-refractivity contribution in [3.8, 4) is 0 Å². The monoisotopic (exact) mass is 298 g/mol. The zero-order valence-electron chi connectivity index (χ0n) is 11.5. The molecule has 0 fully saturated rings. The predicted octanol–water partition coefficient (Wildman–Crippen LogP) is 5.43. The van der Waals surface area contributed by atoms with Crippen LogP contribution in [0.2, 0.25) is 0 Å². The first-order chi connectivity index (χ1) is 7.91. The first-order valence-corrected chi connectivity index (χ1v) is 11.4. The fourth-order valence-corrected chi connectivity index (χ4v) is 7.39. The molecule has 0 aromatic carbocycles. The van der Waals surface area contributed by atoms with Crippen molar-refractivity contribution in [3.63, 3.8) is 0 Å². The second-order valence-electron chi connectivity index (χ2n) is 4.87. The summed E-state index contributed by atoms with van der Waals surface area (Å²) in [6.07, 6.45) is 4.74. The van der Waals surface area contributed by atoms with Crippen LogP contribution in [0, 0.1) is 11.8 Å². The van der Waals surface area contributed by atoms with Gasteiger partial charge in [0.25, 0.3) is 0 Å². The highest BCUT2D eigenvalue weighted by Gasteiger charge is 2.22. The number of rotatable bonds is 10. The Kier molecular flexibility index (Phi) is 10.3. The van der Waals surface area contributed by atoms with Gasteiger partial charge in [0.1, 0.15) is 0 Å². The standard InChI is InChI=1S/C12H27O2PS2/c1-5-7-8-12(6-2)10-17-15(13,14)16-9-11(3)4/h11-12H,5-10H2,1-4H3,(H,13,14). The molecule has 0 spiro atoms. The van der Waals surface area contributed by atoms with Crippen LogP contribution < -0.4 is 0 Å². The van der Waals surface area contributed by atoms with Crippen molar-refractivity contribution in [2.24, 2.45) is 11.8 Å². The summed E-state index contributed by atoms with van der Waals surface area (Å²) in [5.74, 6) is -0.341. The quantitative estimate of drug-likeness (QED) is 0.546. The molecule has 0 amide bonds. The molecule has 0 aliphatic heterocycles. The van der Waals surface area contributed by atoms with Crippen LogP contribution in [0.25, 0.3) is 0 Å². The van der Waals surface area contributed by atoms with Gasteiger partial charge in [0.05, 0.1) is 0 Å². The van der Waals surface area contributed by atoms with Crippen LogP contribution in [0.5, 0.6) is 0 Å². The van der Waals surface area contributed by atoms with Crippen LogP contribution in [-0.2, 0) is 4.57 Å². The van der Waals surface area contributed by atoms with E-state index in [0.29, 0.717) is 11.8 Å². The lowest BCUT2D eigenvalue weighted by Gasteiger charge is -2.16. The van der Waals surface area contributed by atoms with Crippen LogP contribution in [0.1, 0.15) is 53.4 Å². The minimum Gasteiger partial charge on any atom is -0.329 e. The van der Waals surface area contributed by atoms with Gasteiger partial charge in [-0.15, -0.1) is 0 Å². The second-order valence-corrected chi connectivity index (χ2v) is 12.2. The Morgan fingerprint density at radius 3 is 2.24 bits per heavy atom. The fourth-order valence-electron chi connectivity index (χ4n) is 1.38. The third-order valence-corrected chi connectivity index (χ3v) is 9.43. The summed E-state index contributed by atoms with van der Waals surface area (Å²) in [6, 6.07) is 0. The smallest absolute Gasteiger partial charge is 0.310 e. The third-order valence-electron chi connectivity index (χ3n) is 2.59. The summed E-state index contributed by atoms with van der Waals surface area (Å²) in [5.41, 5.74) is 0. The van der Waals surface area contributed by atoms with E-state index < -0.39 is 5.77 Å². The van der Waals surface area contributed by atoms with Crippen LogP contribution in [0.15, 0.2) is 0 Å². The molecule has 5 heteroatoms. The van der Waals surface area contributed by atoms with E-state index >= 15 is 0 Å². The van der Waals surface area contributed by atoms with E-state index in [-0.39, 0.29) is 0 Å². The first-order valence-electron chi connectivity index (χ1n) is 6.53. The second kappa shape index (κ2) is 9.77. The molecule has 0 rings (SSSR count). The third kappa shape index (κ3) is 10.5. The molecule has 1 N–H and O–H groups in total. The Hall–Kier alpha value is 0.890. The van der Waals surface area contributed by atoms with Gasteiger partial charge in [0.2, 0.25) is 0 Å². The van der Waals surface area contributed by atoms with Gasteiger partial charge in [0, 0.05) is 11.5 Å². The molecular weight excluding hydrogens is 271 g/mol. The molecule has 0 bridgehead atoms. The summed E-state index contributed by atoms with van der Waals surface area (Å²) in [7, 11) is 0. The topological polar surface area (TPSA) is 37.3 Å². The minimum atomic E-state index is -3.01. The average Bonchev–Trinajstić information content (AvgIpc) is 2.27. The lowest BCUT2D eigenvalue weighted by molar-refractivity contribution is 0.497. The van der Waals surface area contributed by atoms with Crippen LogP contribution in [-0.4, -0.2) is 16.4 Å². The van der Waals surface area contributed by atoms with Crippen LogP contribution >= 0.6 is 28.5 Å². The van der Waals surface area contributed by atoms with Gasteiger partial charge >= 0.3 is 5.77 Å². The molecule has 0 saturated carbocycles. The molecule has 0 aliphatic carbocycles. The highest BCUT2D eigenvalue weighted by molar-refractivity contribution is 8.88. The SMILES string of the molecule is CCCCC(CC)CSP(=O)(O)SCC(C)C. The molecule has 0 aliphatic rings. The number of hydrogen-bond acceptors (Lipinski definition) is 3. The molecule has 0 aromatic rings. The van der Waals surface area contributed by atoms with Crippen molar-refractivity contribution >= 4 is 28.5 Å². The van der Waals surface area contributed by atoms with Crippen molar-refractivity contribution in [3.05, 3.63) is 0 Å². The van der Waals surface area contributed by atoms with Gasteiger partial charge in [-0.25, -0.2) is 0 Å². The molecule has 0 aromatic heterocycles. The summed E-state index contributed by atoms with van der Waals surface area (Å²) in [4.78, 5) is 9.81. The average molecular weight is 298 g/mol. The van der Waals surface area contributed by atoms with Gasteiger partial charge < -0.3 is 4.89 Å². The Labute approximate surface area is 115 Å². The molecule has 0 heterocycles. The lowest BCUT2D eigenvalue weighted by atomic mass is 10.0. The first kappa shape index (κ1) is 17.9. The Morgan fingerprint density at radius 1 is 1.18 bits per heavy atom. The van der Waals surface area contributed by atoms with Gasteiger partial charge in [-0.1, -0.05) is 69.7 Å². The van der Waals surface area contributed by atoms with E-state index in [9.17, 15) is 9.46 Å². The van der Waals surface area contributed by atoms with Crippen molar-refractivity contribution in [2.75, 3.05) is 11.5 Å². The zero-order valence-corrected chi connectivity index (χ0v) is 14.0. The maximum Gasteiger partial charge on any atom is 0.310 e. The Morgan fingerprint density at radius 2 is 1.76 bits per heavy atom. The molecule has 17 heavy (non-hydrogen) atoms. The highest BCUT2D eigenvalue weighted by Crippen LogP contribution is 2.66. The van der Waals surface area contributed by atoms with E-state index in [2.05, 4.69) is 27.7 Å². The van der Waals surface area contributed by atoms with Crippen molar-refractivity contribution in [1.29, 1.82) is 0 Å². The summed E-state index contributed by atoms with van der Waals surface area (Å²) in [5, 5.41) is 0. The normalized spacial score (nSPS) is 17.1. The van der Waals surface area contributed by atoms with Gasteiger partial charge in [0.15, 0.2) is 0 Å². The molecule has 0 radical (unpaired) electrons. The fraction of sp³-hybridized carbons (Fsp3) is 1.00. The highest BCUT2D eigenvalue weighted by atomic mass is 33.1. The van der Waals surface area contributed by atoms with E-state index in [1.54, 1.807) is 0 Å². The van der Waals surface area contributed by atoms with Gasteiger partial charge in [-0.2, -0.15) is 0 Å². The molecule has 2 atom stereocenters. The van der Waals surface area contributed by atoms with Gasteiger partial charge in [-0.3, -0.25) is 4.57 Å². The van der Waals surface area contributed by atoms with Crippen molar-refractivity contribution in [2.45, 2.75) is 53.4 Å². The molecule has 2 nitrogen and oxygen atoms in total. The minimum absolute atomic E-state index is 0.475. The summed E-state index contributed by atoms with van der Waals surface area (Å²) in [6.45, 7) is 8.52. The van der Waals surface area contributed by atoms with E-state index in [0.717, 1.165) is 17.9 Å².